The number of carboxylic acids is 1. The zero-order chi connectivity index (χ0) is 14.5. The van der Waals surface area contributed by atoms with E-state index in [4.69, 9.17) is 5.11 Å². The number of thioether (sulfide) groups is 1. The molecule has 0 aliphatic carbocycles. The predicted octanol–water partition coefficient (Wildman–Crippen LogP) is 1.66. The number of pyridine rings is 1. The summed E-state index contributed by atoms with van der Waals surface area (Å²) in [6.07, 6.45) is 2.44. The van der Waals surface area contributed by atoms with Crippen molar-refractivity contribution in [2.45, 2.75) is 37.5 Å². The average Bonchev–Trinajstić information content (AvgIpc) is 2.80. The highest BCUT2D eigenvalue weighted by atomic mass is 32.2. The Morgan fingerprint density at radius 2 is 2.25 bits per heavy atom. The summed E-state index contributed by atoms with van der Waals surface area (Å²) in [5.41, 5.74) is 0.796. The molecule has 2 aromatic rings. The number of hydrogen-bond donors (Lipinski definition) is 2. The standard InChI is InChI=1S/C13H18N4O2S/c1-9(2)14-10(12(18)19)6-8-20-13-16-15-11-5-3-4-7-17(11)13/h3-5,7,9-10,14H,6,8H2,1-2H3,(H,18,19). The molecule has 7 heteroatoms. The lowest BCUT2D eigenvalue weighted by molar-refractivity contribution is -0.139. The number of carbonyl (C=O) groups is 1. The highest BCUT2D eigenvalue weighted by molar-refractivity contribution is 7.99. The smallest absolute Gasteiger partial charge is 0.320 e. The molecule has 0 aliphatic heterocycles. The molecule has 1 unspecified atom stereocenters. The topological polar surface area (TPSA) is 79.5 Å². The number of aliphatic carboxylic acids is 1. The highest BCUT2D eigenvalue weighted by Gasteiger charge is 2.18. The molecular formula is C13H18N4O2S. The van der Waals surface area contributed by atoms with Crippen LogP contribution in [0.25, 0.3) is 5.65 Å². The van der Waals surface area contributed by atoms with Crippen molar-refractivity contribution >= 4 is 23.4 Å². The van der Waals surface area contributed by atoms with E-state index >= 15 is 0 Å². The van der Waals surface area contributed by atoms with Gasteiger partial charge < -0.3 is 10.4 Å². The fourth-order valence-electron chi connectivity index (χ4n) is 1.87. The summed E-state index contributed by atoms with van der Waals surface area (Å²) in [5.74, 6) is -0.141. The Morgan fingerprint density at radius 3 is 2.95 bits per heavy atom. The monoisotopic (exact) mass is 294 g/mol. The van der Waals surface area contributed by atoms with Crippen LogP contribution in [-0.4, -0.2) is 43.5 Å². The second-order valence-corrected chi connectivity index (χ2v) is 5.82. The van der Waals surface area contributed by atoms with Gasteiger partial charge in [-0.25, -0.2) is 0 Å². The zero-order valence-electron chi connectivity index (χ0n) is 11.5. The van der Waals surface area contributed by atoms with Gasteiger partial charge in [0, 0.05) is 18.0 Å². The first-order valence-corrected chi connectivity index (χ1v) is 7.48. The minimum Gasteiger partial charge on any atom is -0.480 e. The maximum atomic E-state index is 11.1. The normalized spacial score (nSPS) is 12.9. The first-order valence-electron chi connectivity index (χ1n) is 6.49. The third-order valence-corrected chi connectivity index (χ3v) is 3.73. The lowest BCUT2D eigenvalue weighted by Gasteiger charge is -2.16. The Kier molecular flexibility index (Phi) is 4.97. The van der Waals surface area contributed by atoms with Crippen molar-refractivity contribution in [3.63, 3.8) is 0 Å². The Labute approximate surface area is 121 Å². The molecule has 2 N–H and O–H groups in total. The molecule has 0 fully saturated rings. The van der Waals surface area contributed by atoms with Crippen LogP contribution < -0.4 is 5.32 Å². The van der Waals surface area contributed by atoms with E-state index in [-0.39, 0.29) is 6.04 Å². The third kappa shape index (κ3) is 3.71. The van der Waals surface area contributed by atoms with E-state index in [1.807, 2.05) is 42.6 Å². The van der Waals surface area contributed by atoms with E-state index in [1.165, 1.54) is 11.8 Å². The summed E-state index contributed by atoms with van der Waals surface area (Å²) >= 11 is 1.52. The van der Waals surface area contributed by atoms with Crippen molar-refractivity contribution < 1.29 is 9.90 Å². The van der Waals surface area contributed by atoms with Crippen molar-refractivity contribution in [2.24, 2.45) is 0 Å². The van der Waals surface area contributed by atoms with Crippen LogP contribution in [0.15, 0.2) is 29.6 Å². The molecule has 0 saturated heterocycles. The molecule has 0 amide bonds. The van der Waals surface area contributed by atoms with Crippen LogP contribution in [0.1, 0.15) is 20.3 Å². The molecule has 2 rings (SSSR count). The van der Waals surface area contributed by atoms with E-state index < -0.39 is 12.0 Å². The summed E-state index contributed by atoms with van der Waals surface area (Å²) in [6.45, 7) is 3.88. The summed E-state index contributed by atoms with van der Waals surface area (Å²) in [4.78, 5) is 11.1. The van der Waals surface area contributed by atoms with Crippen molar-refractivity contribution in [3.8, 4) is 0 Å². The third-order valence-electron chi connectivity index (χ3n) is 2.75. The maximum Gasteiger partial charge on any atom is 0.320 e. The molecule has 108 valence electrons. The number of rotatable bonds is 7. The fraction of sp³-hybridized carbons (Fsp3) is 0.462. The predicted molar refractivity (Wildman–Crippen MR) is 78.0 cm³/mol. The van der Waals surface area contributed by atoms with Gasteiger partial charge in [0.15, 0.2) is 10.8 Å². The van der Waals surface area contributed by atoms with Crippen LogP contribution in [0.2, 0.25) is 0 Å². The lowest BCUT2D eigenvalue weighted by atomic mass is 10.2. The lowest BCUT2D eigenvalue weighted by Crippen LogP contribution is -2.41. The van der Waals surface area contributed by atoms with E-state index in [0.29, 0.717) is 12.2 Å². The quantitative estimate of drug-likeness (QED) is 0.756. The Hall–Kier alpha value is -1.60. The van der Waals surface area contributed by atoms with Crippen LogP contribution in [-0.2, 0) is 4.79 Å². The summed E-state index contributed by atoms with van der Waals surface area (Å²) in [5, 5.41) is 21.1. The van der Waals surface area contributed by atoms with Crippen LogP contribution in [0.3, 0.4) is 0 Å². The van der Waals surface area contributed by atoms with Gasteiger partial charge in [-0.05, 0) is 18.6 Å². The molecule has 20 heavy (non-hydrogen) atoms. The van der Waals surface area contributed by atoms with E-state index in [0.717, 1.165) is 10.8 Å². The number of nitrogens with one attached hydrogen (secondary N) is 1. The van der Waals surface area contributed by atoms with Crippen molar-refractivity contribution in [2.75, 3.05) is 5.75 Å². The Balaban J connectivity index is 1.93. The van der Waals surface area contributed by atoms with Gasteiger partial charge >= 0.3 is 5.97 Å². The molecule has 0 aromatic carbocycles. The SMILES string of the molecule is CC(C)NC(CCSc1nnc2ccccn12)C(=O)O. The van der Waals surface area contributed by atoms with Gasteiger partial charge in [0.05, 0.1) is 0 Å². The van der Waals surface area contributed by atoms with E-state index in [9.17, 15) is 4.79 Å². The molecule has 0 spiro atoms. The average molecular weight is 294 g/mol. The van der Waals surface area contributed by atoms with Crippen LogP contribution in [0, 0.1) is 0 Å². The number of carboxylic acid groups (broad SMARTS) is 1. The Bertz CT molecular complexity index is 585. The van der Waals surface area contributed by atoms with E-state index in [1.54, 1.807) is 0 Å². The number of aromatic nitrogens is 3. The fourth-order valence-corrected chi connectivity index (χ4v) is 2.79. The van der Waals surface area contributed by atoms with Gasteiger partial charge in [-0.1, -0.05) is 31.7 Å². The first kappa shape index (κ1) is 14.8. The second kappa shape index (κ2) is 6.71. The van der Waals surface area contributed by atoms with Crippen LogP contribution >= 0.6 is 11.8 Å². The highest BCUT2D eigenvalue weighted by Crippen LogP contribution is 2.18. The molecule has 6 nitrogen and oxygen atoms in total. The molecule has 0 saturated carbocycles. The summed E-state index contributed by atoms with van der Waals surface area (Å²) in [6, 6.07) is 5.33. The minimum absolute atomic E-state index is 0.148. The van der Waals surface area contributed by atoms with Crippen molar-refractivity contribution in [1.29, 1.82) is 0 Å². The largest absolute Gasteiger partial charge is 0.480 e. The van der Waals surface area contributed by atoms with Gasteiger partial charge in [0.2, 0.25) is 0 Å². The number of nitrogens with zero attached hydrogens (tertiary/aromatic N) is 3. The molecule has 1 atom stereocenters. The van der Waals surface area contributed by atoms with Gasteiger partial charge in [0.1, 0.15) is 6.04 Å². The number of fused-ring (bicyclic) bond motifs is 1. The molecule has 2 aromatic heterocycles. The van der Waals surface area contributed by atoms with Gasteiger partial charge in [-0.2, -0.15) is 0 Å². The molecule has 0 radical (unpaired) electrons. The summed E-state index contributed by atoms with van der Waals surface area (Å²) in [7, 11) is 0. The van der Waals surface area contributed by atoms with Crippen molar-refractivity contribution in [3.05, 3.63) is 24.4 Å². The van der Waals surface area contributed by atoms with Gasteiger partial charge in [-0.15, -0.1) is 10.2 Å². The molecular weight excluding hydrogens is 276 g/mol. The summed E-state index contributed by atoms with van der Waals surface area (Å²) < 4.78 is 1.90. The molecule has 0 aliphatic rings. The second-order valence-electron chi connectivity index (χ2n) is 4.76. The Morgan fingerprint density at radius 1 is 1.45 bits per heavy atom. The first-order chi connectivity index (χ1) is 9.58. The molecule has 2 heterocycles. The number of hydrogen-bond acceptors (Lipinski definition) is 5. The maximum absolute atomic E-state index is 11.1. The van der Waals surface area contributed by atoms with Crippen molar-refractivity contribution in [1.82, 2.24) is 19.9 Å². The van der Waals surface area contributed by atoms with Crippen LogP contribution in [0.4, 0.5) is 0 Å². The minimum atomic E-state index is -0.814. The van der Waals surface area contributed by atoms with E-state index in [2.05, 4.69) is 15.5 Å². The van der Waals surface area contributed by atoms with Crippen LogP contribution in [0.5, 0.6) is 0 Å². The van der Waals surface area contributed by atoms with Gasteiger partial charge in [0.25, 0.3) is 0 Å². The zero-order valence-corrected chi connectivity index (χ0v) is 12.3. The van der Waals surface area contributed by atoms with Gasteiger partial charge in [-0.3, -0.25) is 9.20 Å². The molecule has 0 bridgehead atoms.